The Morgan fingerprint density at radius 3 is 2.50 bits per heavy atom. The molecule has 0 radical (unpaired) electrons. The van der Waals surface area contributed by atoms with Crippen molar-refractivity contribution >= 4 is 17.5 Å². The lowest BCUT2D eigenvalue weighted by molar-refractivity contribution is -0.123. The monoisotopic (exact) mass is 220 g/mol. The van der Waals surface area contributed by atoms with Crippen LogP contribution in [0.25, 0.3) is 0 Å². The molecule has 14 heavy (non-hydrogen) atoms. The van der Waals surface area contributed by atoms with Crippen LogP contribution in [0.4, 0.5) is 0 Å². The number of aliphatic hydroxyl groups is 1. The molecular formula is C10H20O3S. The summed E-state index contributed by atoms with van der Waals surface area (Å²) in [5.74, 6) is 1.62. The molecule has 0 rings (SSSR count). The van der Waals surface area contributed by atoms with Crippen molar-refractivity contribution in [1.29, 1.82) is 0 Å². The van der Waals surface area contributed by atoms with Crippen LogP contribution in [0.2, 0.25) is 0 Å². The van der Waals surface area contributed by atoms with Crippen LogP contribution in [0.15, 0.2) is 0 Å². The van der Waals surface area contributed by atoms with Gasteiger partial charge in [0.05, 0.1) is 25.6 Å². The van der Waals surface area contributed by atoms with Gasteiger partial charge < -0.3 is 9.84 Å². The Kier molecular flexibility index (Phi) is 7.23. The molecule has 1 N–H and O–H groups in total. The molecular weight excluding hydrogens is 200 g/mol. The Morgan fingerprint density at radius 1 is 1.36 bits per heavy atom. The van der Waals surface area contributed by atoms with Crippen molar-refractivity contribution in [3.63, 3.8) is 0 Å². The van der Waals surface area contributed by atoms with E-state index >= 15 is 0 Å². The highest BCUT2D eigenvalue weighted by Gasteiger charge is 2.20. The summed E-state index contributed by atoms with van der Waals surface area (Å²) >= 11 is 1.58. The molecule has 0 aromatic heterocycles. The Labute approximate surface area is 90.2 Å². The Bertz CT molecular complexity index is 163. The molecule has 0 aliphatic heterocycles. The van der Waals surface area contributed by atoms with Crippen LogP contribution in [-0.2, 0) is 9.53 Å². The van der Waals surface area contributed by atoms with Crippen LogP contribution in [0.5, 0.6) is 0 Å². The minimum Gasteiger partial charge on any atom is -0.394 e. The quantitative estimate of drug-likeness (QED) is 0.658. The van der Waals surface area contributed by atoms with E-state index in [0.717, 1.165) is 5.75 Å². The van der Waals surface area contributed by atoms with Gasteiger partial charge in [-0.05, 0) is 0 Å². The number of carbonyl (C=O) groups is 1. The molecule has 0 atom stereocenters. The Balaban J connectivity index is 3.33. The summed E-state index contributed by atoms with van der Waals surface area (Å²) < 4.78 is 5.07. The fourth-order valence-corrected chi connectivity index (χ4v) is 1.66. The Hall–Kier alpha value is -0.0600. The zero-order chi connectivity index (χ0) is 11.0. The minimum atomic E-state index is -0.237. The summed E-state index contributed by atoms with van der Waals surface area (Å²) in [4.78, 5) is 11.5. The second kappa shape index (κ2) is 7.26. The third-order valence-electron chi connectivity index (χ3n) is 1.68. The van der Waals surface area contributed by atoms with Gasteiger partial charge >= 0.3 is 0 Å². The van der Waals surface area contributed by atoms with Crippen LogP contribution < -0.4 is 0 Å². The van der Waals surface area contributed by atoms with E-state index in [-0.39, 0.29) is 17.8 Å². The van der Waals surface area contributed by atoms with E-state index < -0.39 is 0 Å². The first-order valence-corrected chi connectivity index (χ1v) is 5.93. The number of carbonyl (C=O) groups excluding carboxylic acids is 1. The molecule has 0 aromatic carbocycles. The number of aliphatic hydroxyl groups excluding tert-OH is 1. The first-order valence-electron chi connectivity index (χ1n) is 4.78. The van der Waals surface area contributed by atoms with Crippen molar-refractivity contribution in [1.82, 2.24) is 0 Å². The van der Waals surface area contributed by atoms with E-state index in [2.05, 4.69) is 0 Å². The van der Waals surface area contributed by atoms with Gasteiger partial charge in [0.25, 0.3) is 0 Å². The summed E-state index contributed by atoms with van der Waals surface area (Å²) in [6, 6.07) is 0. The molecule has 0 unspecified atom stereocenters. The van der Waals surface area contributed by atoms with E-state index in [1.165, 1.54) is 0 Å². The van der Waals surface area contributed by atoms with Crippen molar-refractivity contribution in [2.75, 3.05) is 31.3 Å². The number of hydrogen-bond donors (Lipinski definition) is 1. The van der Waals surface area contributed by atoms with Crippen molar-refractivity contribution in [2.24, 2.45) is 5.41 Å². The van der Waals surface area contributed by atoms with Crippen molar-refractivity contribution in [3.05, 3.63) is 0 Å². The summed E-state index contributed by atoms with van der Waals surface area (Å²) in [7, 11) is 0. The van der Waals surface area contributed by atoms with E-state index in [1.54, 1.807) is 11.8 Å². The highest BCUT2D eigenvalue weighted by Crippen LogP contribution is 2.17. The summed E-state index contributed by atoms with van der Waals surface area (Å²) in [6.45, 7) is 6.83. The molecule has 4 heteroatoms. The number of ether oxygens (including phenoxy) is 1. The maximum absolute atomic E-state index is 11.5. The Morgan fingerprint density at radius 2 is 2.00 bits per heavy atom. The van der Waals surface area contributed by atoms with Crippen LogP contribution in [0, 0.1) is 5.41 Å². The lowest BCUT2D eigenvalue weighted by Gasteiger charge is -2.15. The first kappa shape index (κ1) is 13.9. The van der Waals surface area contributed by atoms with Crippen LogP contribution in [0.1, 0.15) is 20.8 Å². The minimum absolute atomic E-state index is 0.0611. The molecule has 3 nitrogen and oxygen atoms in total. The van der Waals surface area contributed by atoms with Crippen LogP contribution in [-0.4, -0.2) is 42.2 Å². The third-order valence-corrected chi connectivity index (χ3v) is 2.60. The molecule has 0 saturated carbocycles. The van der Waals surface area contributed by atoms with Gasteiger partial charge in [-0.3, -0.25) is 4.79 Å². The number of ketones is 1. The van der Waals surface area contributed by atoms with E-state index in [9.17, 15) is 4.79 Å². The smallest absolute Gasteiger partial charge is 0.148 e. The SMILES string of the molecule is CC(C)(C)C(=O)CSCCOCCO. The largest absolute Gasteiger partial charge is 0.394 e. The second-order valence-corrected chi connectivity index (χ2v) is 5.17. The summed E-state index contributed by atoms with van der Waals surface area (Å²) in [6.07, 6.45) is 0. The molecule has 0 aromatic rings. The third kappa shape index (κ3) is 7.35. The molecule has 0 bridgehead atoms. The molecule has 0 aliphatic carbocycles. The van der Waals surface area contributed by atoms with E-state index in [4.69, 9.17) is 9.84 Å². The maximum atomic E-state index is 11.5. The fraction of sp³-hybridized carbons (Fsp3) is 0.900. The van der Waals surface area contributed by atoms with Gasteiger partial charge in [0.15, 0.2) is 0 Å². The first-order chi connectivity index (χ1) is 6.48. The van der Waals surface area contributed by atoms with Crippen molar-refractivity contribution in [2.45, 2.75) is 20.8 Å². The zero-order valence-electron chi connectivity index (χ0n) is 9.21. The zero-order valence-corrected chi connectivity index (χ0v) is 10.0. The molecule has 0 saturated heterocycles. The molecule has 0 heterocycles. The summed E-state index contributed by atoms with van der Waals surface area (Å²) in [5.41, 5.74) is -0.237. The fourth-order valence-electron chi connectivity index (χ4n) is 0.666. The van der Waals surface area contributed by atoms with Gasteiger partial charge in [-0.25, -0.2) is 0 Å². The number of thioether (sulfide) groups is 1. The van der Waals surface area contributed by atoms with Crippen LogP contribution in [0.3, 0.4) is 0 Å². The predicted molar refractivity (Wildman–Crippen MR) is 59.7 cm³/mol. The normalized spacial score (nSPS) is 11.7. The lowest BCUT2D eigenvalue weighted by atomic mass is 9.92. The molecule has 0 fully saturated rings. The summed E-state index contributed by atoms with van der Waals surface area (Å²) in [5, 5.41) is 8.43. The molecule has 0 amide bonds. The average Bonchev–Trinajstić information content (AvgIpc) is 2.09. The van der Waals surface area contributed by atoms with Gasteiger partial charge in [0.2, 0.25) is 0 Å². The van der Waals surface area contributed by atoms with Gasteiger partial charge in [-0.2, -0.15) is 11.8 Å². The molecule has 0 spiro atoms. The van der Waals surface area contributed by atoms with Gasteiger partial charge in [0, 0.05) is 11.2 Å². The molecule has 0 aliphatic rings. The van der Waals surface area contributed by atoms with Gasteiger partial charge in [-0.1, -0.05) is 20.8 Å². The van der Waals surface area contributed by atoms with E-state index in [1.807, 2.05) is 20.8 Å². The van der Waals surface area contributed by atoms with E-state index in [0.29, 0.717) is 19.0 Å². The lowest BCUT2D eigenvalue weighted by Crippen LogP contribution is -2.22. The van der Waals surface area contributed by atoms with Crippen molar-refractivity contribution < 1.29 is 14.6 Å². The highest BCUT2D eigenvalue weighted by atomic mass is 32.2. The standard InChI is InChI=1S/C10H20O3S/c1-10(2,3)9(12)8-14-7-6-13-5-4-11/h11H,4-8H2,1-3H3. The van der Waals surface area contributed by atoms with Gasteiger partial charge in [-0.15, -0.1) is 0 Å². The van der Waals surface area contributed by atoms with Crippen LogP contribution >= 0.6 is 11.8 Å². The van der Waals surface area contributed by atoms with Gasteiger partial charge in [0.1, 0.15) is 5.78 Å². The average molecular weight is 220 g/mol. The highest BCUT2D eigenvalue weighted by molar-refractivity contribution is 7.99. The molecule has 84 valence electrons. The number of Topliss-reactive ketones (excluding diaryl/α,β-unsaturated/α-hetero) is 1. The van der Waals surface area contributed by atoms with Crippen molar-refractivity contribution in [3.8, 4) is 0 Å². The topological polar surface area (TPSA) is 46.5 Å². The maximum Gasteiger partial charge on any atom is 0.148 e. The number of hydrogen-bond acceptors (Lipinski definition) is 4. The predicted octanol–water partition coefficient (Wildman–Crippen LogP) is 1.34. The second-order valence-electron chi connectivity index (χ2n) is 4.06. The number of rotatable bonds is 7.